The largest absolute Gasteiger partial charge is 0.312 e. The molecule has 0 aliphatic rings. The number of rotatable bonds is 2. The fraction of sp³-hybridized carbons (Fsp3) is 0.125. The molecule has 3 aromatic rings. The molecule has 2 aromatic heterocycles. The van der Waals surface area contributed by atoms with Crippen molar-refractivity contribution in [2.24, 2.45) is 0 Å². The first-order valence-electron chi connectivity index (χ1n) is 6.61. The first-order valence-corrected chi connectivity index (χ1v) is 9.00. The normalized spacial score (nSPS) is 10.7. The quantitative estimate of drug-likeness (QED) is 0.591. The number of nitriles is 1. The van der Waals surface area contributed by atoms with Gasteiger partial charge in [-0.25, -0.2) is 0 Å². The van der Waals surface area contributed by atoms with Crippen LogP contribution in [0.2, 0.25) is 10.0 Å². The molecular weight excluding hydrogens is 371 g/mol. The van der Waals surface area contributed by atoms with Crippen LogP contribution in [0, 0.1) is 25.2 Å². The van der Waals surface area contributed by atoms with E-state index in [0.717, 1.165) is 20.5 Å². The maximum absolute atomic E-state index is 12.6. The van der Waals surface area contributed by atoms with Gasteiger partial charge >= 0.3 is 0 Å². The Morgan fingerprint density at radius 2 is 2.00 bits per heavy atom. The van der Waals surface area contributed by atoms with Crippen molar-refractivity contribution in [2.75, 3.05) is 5.32 Å². The van der Waals surface area contributed by atoms with Gasteiger partial charge in [0.1, 0.15) is 15.9 Å². The van der Waals surface area contributed by atoms with Gasteiger partial charge < -0.3 is 5.32 Å². The van der Waals surface area contributed by atoms with E-state index in [1.807, 2.05) is 13.8 Å². The SMILES string of the molecule is Cc1sc(NC(=O)c2sc3cc(Cl)ccc3c2Cl)c(C#N)c1C. The summed E-state index contributed by atoms with van der Waals surface area (Å²) < 4.78 is 0.853. The number of amides is 1. The van der Waals surface area contributed by atoms with Crippen LogP contribution < -0.4 is 5.32 Å². The molecule has 3 rings (SSSR count). The lowest BCUT2D eigenvalue weighted by Crippen LogP contribution is -2.10. The predicted octanol–water partition coefficient (Wildman–Crippen LogP) is 6.01. The van der Waals surface area contributed by atoms with Gasteiger partial charge in [-0.2, -0.15) is 5.26 Å². The maximum Gasteiger partial charge on any atom is 0.267 e. The number of halogens is 2. The maximum atomic E-state index is 12.6. The van der Waals surface area contributed by atoms with Crippen LogP contribution in [-0.4, -0.2) is 5.91 Å². The van der Waals surface area contributed by atoms with Crippen molar-refractivity contribution < 1.29 is 4.79 Å². The standard InChI is InChI=1S/C16H10Cl2N2OS2/c1-7-8(2)22-16(11(7)6-19)20-15(21)14-13(18)10-4-3-9(17)5-12(10)23-14/h3-5H,1-2H3,(H,20,21). The number of thiophene rings is 2. The zero-order chi connectivity index (χ0) is 16.7. The summed E-state index contributed by atoms with van der Waals surface area (Å²) in [7, 11) is 0. The van der Waals surface area contributed by atoms with Gasteiger partial charge in [-0.3, -0.25) is 4.79 Å². The van der Waals surface area contributed by atoms with Crippen LogP contribution in [0.15, 0.2) is 18.2 Å². The molecule has 23 heavy (non-hydrogen) atoms. The van der Waals surface area contributed by atoms with Crippen molar-refractivity contribution in [3.8, 4) is 6.07 Å². The number of hydrogen-bond donors (Lipinski definition) is 1. The Balaban J connectivity index is 2.00. The van der Waals surface area contributed by atoms with Crippen LogP contribution in [-0.2, 0) is 0 Å². The minimum absolute atomic E-state index is 0.315. The van der Waals surface area contributed by atoms with Crippen LogP contribution in [0.3, 0.4) is 0 Å². The monoisotopic (exact) mass is 380 g/mol. The van der Waals surface area contributed by atoms with E-state index in [2.05, 4.69) is 11.4 Å². The van der Waals surface area contributed by atoms with Gasteiger partial charge in [-0.05, 0) is 31.5 Å². The van der Waals surface area contributed by atoms with E-state index in [1.54, 1.807) is 18.2 Å². The molecule has 0 spiro atoms. The molecule has 0 saturated heterocycles. The summed E-state index contributed by atoms with van der Waals surface area (Å²) in [6, 6.07) is 7.46. The smallest absolute Gasteiger partial charge is 0.267 e. The van der Waals surface area contributed by atoms with Crippen LogP contribution in [0.1, 0.15) is 25.7 Å². The minimum atomic E-state index is -0.315. The topological polar surface area (TPSA) is 52.9 Å². The third-order valence-electron chi connectivity index (χ3n) is 3.52. The van der Waals surface area contributed by atoms with Crippen molar-refractivity contribution in [3.63, 3.8) is 0 Å². The molecule has 0 aliphatic heterocycles. The summed E-state index contributed by atoms with van der Waals surface area (Å²) in [4.78, 5) is 14.0. The molecule has 7 heteroatoms. The predicted molar refractivity (Wildman–Crippen MR) is 98.3 cm³/mol. The highest BCUT2D eigenvalue weighted by molar-refractivity contribution is 7.22. The molecule has 116 valence electrons. The van der Waals surface area contributed by atoms with E-state index in [4.69, 9.17) is 23.2 Å². The summed E-state index contributed by atoms with van der Waals surface area (Å²) in [5.74, 6) is -0.315. The number of benzene rings is 1. The highest BCUT2D eigenvalue weighted by Crippen LogP contribution is 2.38. The van der Waals surface area contributed by atoms with E-state index >= 15 is 0 Å². The van der Waals surface area contributed by atoms with Crippen LogP contribution >= 0.6 is 45.9 Å². The number of nitrogens with zero attached hydrogens (tertiary/aromatic N) is 1. The lowest BCUT2D eigenvalue weighted by atomic mass is 10.2. The minimum Gasteiger partial charge on any atom is -0.312 e. The summed E-state index contributed by atoms with van der Waals surface area (Å²) >= 11 is 15.0. The Kier molecular flexibility index (Phi) is 4.35. The van der Waals surface area contributed by atoms with E-state index in [-0.39, 0.29) is 5.91 Å². The van der Waals surface area contributed by atoms with Gasteiger partial charge in [0, 0.05) is 20.0 Å². The van der Waals surface area contributed by atoms with E-state index in [1.165, 1.54) is 22.7 Å². The van der Waals surface area contributed by atoms with Crippen LogP contribution in [0.25, 0.3) is 10.1 Å². The van der Waals surface area contributed by atoms with Crippen LogP contribution in [0.4, 0.5) is 5.00 Å². The lowest BCUT2D eigenvalue weighted by Gasteiger charge is -2.01. The fourth-order valence-corrected chi connectivity index (χ4v) is 4.89. The zero-order valence-electron chi connectivity index (χ0n) is 12.2. The number of fused-ring (bicyclic) bond motifs is 1. The molecule has 1 N–H and O–H groups in total. The second-order valence-electron chi connectivity index (χ2n) is 4.94. The third kappa shape index (κ3) is 2.84. The van der Waals surface area contributed by atoms with Gasteiger partial charge in [-0.1, -0.05) is 29.3 Å². The molecule has 0 radical (unpaired) electrons. The highest BCUT2D eigenvalue weighted by Gasteiger charge is 2.20. The molecule has 0 saturated carbocycles. The molecule has 0 bridgehead atoms. The summed E-state index contributed by atoms with van der Waals surface area (Å²) in [6.45, 7) is 3.79. The second-order valence-corrected chi connectivity index (χ2v) is 8.03. The van der Waals surface area contributed by atoms with Crippen molar-refractivity contribution in [3.05, 3.63) is 49.1 Å². The molecule has 0 unspecified atom stereocenters. The Labute approximate surface area is 151 Å². The Morgan fingerprint density at radius 1 is 1.26 bits per heavy atom. The van der Waals surface area contributed by atoms with Crippen molar-refractivity contribution in [2.45, 2.75) is 13.8 Å². The molecule has 2 heterocycles. The van der Waals surface area contributed by atoms with Crippen molar-refractivity contribution in [1.29, 1.82) is 5.26 Å². The average Bonchev–Trinajstić information content (AvgIpc) is 2.96. The van der Waals surface area contributed by atoms with Crippen molar-refractivity contribution in [1.82, 2.24) is 0 Å². The summed E-state index contributed by atoms with van der Waals surface area (Å²) in [5.41, 5.74) is 1.39. The number of anilines is 1. The lowest BCUT2D eigenvalue weighted by molar-refractivity contribution is 0.103. The van der Waals surface area contributed by atoms with Crippen LogP contribution in [0.5, 0.6) is 0 Å². The number of carbonyl (C=O) groups excluding carboxylic acids is 1. The molecule has 3 nitrogen and oxygen atoms in total. The molecule has 0 atom stereocenters. The second kappa shape index (κ2) is 6.14. The molecule has 1 aromatic carbocycles. The molecule has 0 fully saturated rings. The fourth-order valence-electron chi connectivity index (χ4n) is 2.19. The van der Waals surface area contributed by atoms with E-state index in [9.17, 15) is 10.1 Å². The first kappa shape index (κ1) is 16.3. The van der Waals surface area contributed by atoms with Gasteiger partial charge in [0.15, 0.2) is 0 Å². The molecular formula is C16H10Cl2N2OS2. The molecule has 0 aliphatic carbocycles. The number of aryl methyl sites for hydroxylation is 1. The van der Waals surface area contributed by atoms with Gasteiger partial charge in [0.2, 0.25) is 0 Å². The van der Waals surface area contributed by atoms with Gasteiger partial charge in [0.05, 0.1) is 10.6 Å². The number of nitrogens with one attached hydrogen (secondary N) is 1. The molecule has 1 amide bonds. The Bertz CT molecular complexity index is 982. The Morgan fingerprint density at radius 3 is 2.70 bits per heavy atom. The number of carbonyl (C=O) groups is 1. The highest BCUT2D eigenvalue weighted by atomic mass is 35.5. The van der Waals surface area contributed by atoms with Gasteiger partial charge in [0.25, 0.3) is 5.91 Å². The summed E-state index contributed by atoms with van der Waals surface area (Å²) in [5, 5.41) is 14.4. The Hall–Kier alpha value is -1.58. The van der Waals surface area contributed by atoms with E-state index in [0.29, 0.717) is 25.5 Å². The van der Waals surface area contributed by atoms with Crippen molar-refractivity contribution >= 4 is 66.9 Å². The van der Waals surface area contributed by atoms with Gasteiger partial charge in [-0.15, -0.1) is 22.7 Å². The third-order valence-corrected chi connectivity index (χ3v) is 6.54. The zero-order valence-corrected chi connectivity index (χ0v) is 15.3. The van der Waals surface area contributed by atoms with E-state index < -0.39 is 0 Å². The summed E-state index contributed by atoms with van der Waals surface area (Å²) in [6.07, 6.45) is 0. The first-order chi connectivity index (χ1) is 10.9. The number of hydrogen-bond acceptors (Lipinski definition) is 4. The average molecular weight is 381 g/mol.